The number of amides is 1. The van der Waals surface area contributed by atoms with Crippen LogP contribution in [0.3, 0.4) is 0 Å². The molecule has 0 aliphatic heterocycles. The molecule has 1 amide bonds. The molecular formula is C20H24N4O2S. The Bertz CT molecular complexity index is 918. The number of carbonyl (C=O) groups is 1. The van der Waals surface area contributed by atoms with Crippen LogP contribution < -0.4 is 5.32 Å². The molecule has 6 nitrogen and oxygen atoms in total. The quantitative estimate of drug-likeness (QED) is 0.596. The van der Waals surface area contributed by atoms with E-state index in [0.29, 0.717) is 13.2 Å². The van der Waals surface area contributed by atoms with Gasteiger partial charge in [0.2, 0.25) is 5.91 Å². The Morgan fingerprint density at radius 1 is 1.19 bits per heavy atom. The van der Waals surface area contributed by atoms with Crippen molar-refractivity contribution in [3.8, 4) is 0 Å². The highest BCUT2D eigenvalue weighted by atomic mass is 32.2. The third-order valence-corrected chi connectivity index (χ3v) is 5.14. The summed E-state index contributed by atoms with van der Waals surface area (Å²) in [5, 5.41) is 14.4. The number of ether oxygens (including phenoxy) is 1. The van der Waals surface area contributed by atoms with Gasteiger partial charge in [-0.2, -0.15) is 0 Å². The number of nitrogens with zero attached hydrogens (tertiary/aromatic N) is 3. The average Bonchev–Trinajstić information content (AvgIpc) is 3.08. The molecule has 0 unspecified atom stereocenters. The monoisotopic (exact) mass is 384 g/mol. The average molecular weight is 385 g/mol. The van der Waals surface area contributed by atoms with Crippen LogP contribution in [-0.2, 0) is 16.1 Å². The molecule has 2 aromatic carbocycles. The standard InChI is InChI=1S/C20H24N4O2S/c1-14(2)19-22-23-20(24(19)11-12-26-3)27-13-18(25)21-17-10-6-8-15-7-4-5-9-16(15)17/h4-10,14H,11-13H2,1-3H3,(H,21,25). The Labute approximate surface area is 163 Å². The van der Waals surface area contributed by atoms with E-state index < -0.39 is 0 Å². The second kappa shape index (κ2) is 9.01. The normalized spacial score (nSPS) is 11.3. The number of aromatic nitrogens is 3. The summed E-state index contributed by atoms with van der Waals surface area (Å²) in [6.07, 6.45) is 0. The van der Waals surface area contributed by atoms with Crippen LogP contribution >= 0.6 is 11.8 Å². The molecular weight excluding hydrogens is 360 g/mol. The van der Waals surface area contributed by atoms with Crippen molar-refractivity contribution in [2.45, 2.75) is 31.5 Å². The molecule has 142 valence electrons. The van der Waals surface area contributed by atoms with Crippen molar-refractivity contribution in [3.05, 3.63) is 48.3 Å². The fraction of sp³-hybridized carbons (Fsp3) is 0.350. The van der Waals surface area contributed by atoms with Gasteiger partial charge in [0.15, 0.2) is 5.16 Å². The van der Waals surface area contributed by atoms with Gasteiger partial charge in [-0.05, 0) is 11.5 Å². The molecule has 27 heavy (non-hydrogen) atoms. The molecule has 0 aliphatic rings. The van der Waals surface area contributed by atoms with E-state index in [-0.39, 0.29) is 17.6 Å². The topological polar surface area (TPSA) is 69.0 Å². The molecule has 0 aliphatic carbocycles. The molecule has 0 radical (unpaired) electrons. The number of anilines is 1. The highest BCUT2D eigenvalue weighted by Gasteiger charge is 2.16. The van der Waals surface area contributed by atoms with E-state index in [4.69, 9.17) is 4.74 Å². The lowest BCUT2D eigenvalue weighted by Gasteiger charge is -2.12. The van der Waals surface area contributed by atoms with Gasteiger partial charge in [0.1, 0.15) is 5.82 Å². The maximum Gasteiger partial charge on any atom is 0.234 e. The second-order valence-electron chi connectivity index (χ2n) is 6.50. The summed E-state index contributed by atoms with van der Waals surface area (Å²) in [5.41, 5.74) is 0.822. The van der Waals surface area contributed by atoms with Crippen molar-refractivity contribution < 1.29 is 9.53 Å². The van der Waals surface area contributed by atoms with Gasteiger partial charge in [-0.15, -0.1) is 10.2 Å². The van der Waals surface area contributed by atoms with Crippen molar-refractivity contribution in [2.24, 2.45) is 0 Å². The third-order valence-electron chi connectivity index (χ3n) is 4.18. The van der Waals surface area contributed by atoms with Gasteiger partial charge >= 0.3 is 0 Å². The Morgan fingerprint density at radius 2 is 1.96 bits per heavy atom. The van der Waals surface area contributed by atoms with Gasteiger partial charge in [-0.25, -0.2) is 0 Å². The van der Waals surface area contributed by atoms with Crippen LogP contribution in [0.2, 0.25) is 0 Å². The summed E-state index contributed by atoms with van der Waals surface area (Å²) in [6.45, 7) is 5.40. The van der Waals surface area contributed by atoms with E-state index >= 15 is 0 Å². The maximum atomic E-state index is 12.5. The third kappa shape index (κ3) is 4.67. The minimum absolute atomic E-state index is 0.0660. The summed E-state index contributed by atoms with van der Waals surface area (Å²) >= 11 is 1.39. The van der Waals surface area contributed by atoms with Crippen LogP contribution in [0.5, 0.6) is 0 Å². The number of thioether (sulfide) groups is 1. The first-order chi connectivity index (χ1) is 13.1. The van der Waals surface area contributed by atoms with E-state index in [9.17, 15) is 4.79 Å². The molecule has 0 saturated heterocycles. The minimum atomic E-state index is -0.0660. The Balaban J connectivity index is 1.69. The van der Waals surface area contributed by atoms with Crippen LogP contribution in [0, 0.1) is 0 Å². The number of fused-ring (bicyclic) bond motifs is 1. The molecule has 0 saturated carbocycles. The number of methoxy groups -OCH3 is 1. The first kappa shape index (κ1) is 19.4. The van der Waals surface area contributed by atoms with Crippen LogP contribution in [0.25, 0.3) is 10.8 Å². The van der Waals surface area contributed by atoms with Crippen LogP contribution in [0.1, 0.15) is 25.6 Å². The Morgan fingerprint density at radius 3 is 2.74 bits per heavy atom. The zero-order valence-electron chi connectivity index (χ0n) is 15.8. The number of rotatable bonds is 8. The first-order valence-electron chi connectivity index (χ1n) is 8.92. The molecule has 0 bridgehead atoms. The van der Waals surface area contributed by atoms with Crippen LogP contribution in [-0.4, -0.2) is 40.1 Å². The van der Waals surface area contributed by atoms with Crippen LogP contribution in [0.4, 0.5) is 5.69 Å². The molecule has 7 heteroatoms. The SMILES string of the molecule is COCCn1c(SCC(=O)Nc2cccc3ccccc23)nnc1C(C)C. The summed E-state index contributed by atoms with van der Waals surface area (Å²) < 4.78 is 7.22. The lowest BCUT2D eigenvalue weighted by molar-refractivity contribution is -0.113. The highest BCUT2D eigenvalue weighted by Crippen LogP contribution is 2.24. The molecule has 0 spiro atoms. The van der Waals surface area contributed by atoms with E-state index in [1.54, 1.807) is 7.11 Å². The number of hydrogen-bond acceptors (Lipinski definition) is 5. The Hall–Kier alpha value is -2.38. The lowest BCUT2D eigenvalue weighted by Crippen LogP contribution is -2.16. The van der Waals surface area contributed by atoms with Crippen molar-refractivity contribution in [3.63, 3.8) is 0 Å². The van der Waals surface area contributed by atoms with Gasteiger partial charge in [0, 0.05) is 30.6 Å². The molecule has 1 aromatic heterocycles. The largest absolute Gasteiger partial charge is 0.383 e. The van der Waals surface area contributed by atoms with Gasteiger partial charge in [-0.1, -0.05) is 62.0 Å². The minimum Gasteiger partial charge on any atom is -0.383 e. The maximum absolute atomic E-state index is 12.5. The zero-order chi connectivity index (χ0) is 19.2. The number of benzene rings is 2. The number of carbonyl (C=O) groups excluding carboxylic acids is 1. The van der Waals surface area contributed by atoms with Crippen molar-refractivity contribution in [1.29, 1.82) is 0 Å². The first-order valence-corrected chi connectivity index (χ1v) is 9.91. The number of hydrogen-bond donors (Lipinski definition) is 1. The molecule has 1 heterocycles. The van der Waals surface area contributed by atoms with Crippen molar-refractivity contribution in [1.82, 2.24) is 14.8 Å². The van der Waals surface area contributed by atoms with Crippen LogP contribution in [0.15, 0.2) is 47.6 Å². The van der Waals surface area contributed by atoms with E-state index in [2.05, 4.69) is 29.4 Å². The zero-order valence-corrected chi connectivity index (χ0v) is 16.6. The molecule has 3 aromatic rings. The van der Waals surface area contributed by atoms with Gasteiger partial charge < -0.3 is 14.6 Å². The van der Waals surface area contributed by atoms with E-state index in [1.165, 1.54) is 11.8 Å². The summed E-state index contributed by atoms with van der Waals surface area (Å²) in [5.74, 6) is 1.37. The second-order valence-corrected chi connectivity index (χ2v) is 7.45. The number of nitrogens with one attached hydrogen (secondary N) is 1. The predicted octanol–water partition coefficient (Wildman–Crippen LogP) is 3.93. The summed E-state index contributed by atoms with van der Waals surface area (Å²) in [4.78, 5) is 12.5. The molecule has 3 rings (SSSR count). The summed E-state index contributed by atoms with van der Waals surface area (Å²) in [6, 6.07) is 13.9. The summed E-state index contributed by atoms with van der Waals surface area (Å²) in [7, 11) is 1.67. The highest BCUT2D eigenvalue weighted by molar-refractivity contribution is 7.99. The molecule has 1 N–H and O–H groups in total. The van der Waals surface area contributed by atoms with Gasteiger partial charge in [0.25, 0.3) is 0 Å². The van der Waals surface area contributed by atoms with Gasteiger partial charge in [0.05, 0.1) is 12.4 Å². The smallest absolute Gasteiger partial charge is 0.234 e. The lowest BCUT2D eigenvalue weighted by atomic mass is 10.1. The van der Waals surface area contributed by atoms with Crippen molar-refractivity contribution in [2.75, 3.05) is 24.8 Å². The fourth-order valence-corrected chi connectivity index (χ4v) is 3.65. The fourth-order valence-electron chi connectivity index (χ4n) is 2.88. The van der Waals surface area contributed by atoms with E-state index in [1.807, 2.05) is 47.0 Å². The molecule has 0 fully saturated rings. The predicted molar refractivity (Wildman–Crippen MR) is 109 cm³/mol. The van der Waals surface area contributed by atoms with Crippen molar-refractivity contribution >= 4 is 34.1 Å². The van der Waals surface area contributed by atoms with Gasteiger partial charge in [-0.3, -0.25) is 4.79 Å². The van der Waals surface area contributed by atoms with E-state index in [0.717, 1.165) is 27.4 Å². The Kier molecular flexibility index (Phi) is 6.47. The molecule has 0 atom stereocenters.